The lowest BCUT2D eigenvalue weighted by molar-refractivity contribution is 0.558. The van der Waals surface area contributed by atoms with E-state index in [1.165, 1.54) is 29.7 Å². The minimum absolute atomic E-state index is 0.258. The summed E-state index contributed by atoms with van der Waals surface area (Å²) in [6.45, 7) is 0.462. The van der Waals surface area contributed by atoms with Crippen molar-refractivity contribution < 1.29 is 8.42 Å². The van der Waals surface area contributed by atoms with Gasteiger partial charge in [0.2, 0.25) is 10.0 Å². The Bertz CT molecular complexity index is 772. The van der Waals surface area contributed by atoms with Crippen LogP contribution in [0.3, 0.4) is 0 Å². The summed E-state index contributed by atoms with van der Waals surface area (Å²) in [6, 6.07) is 14.8. The van der Waals surface area contributed by atoms with Gasteiger partial charge in [-0.1, -0.05) is 35.9 Å². The van der Waals surface area contributed by atoms with Gasteiger partial charge in [0, 0.05) is 11.6 Å². The number of aryl methyl sites for hydroxylation is 1. The number of sulfonamides is 1. The van der Waals surface area contributed by atoms with Gasteiger partial charge in [-0.2, -0.15) is 0 Å². The quantitative estimate of drug-likeness (QED) is 0.797. The van der Waals surface area contributed by atoms with Gasteiger partial charge >= 0.3 is 0 Å². The van der Waals surface area contributed by atoms with Gasteiger partial charge in [-0.15, -0.1) is 0 Å². The number of hydrogen-bond acceptors (Lipinski definition) is 2. The predicted molar refractivity (Wildman–Crippen MR) is 93.4 cm³/mol. The van der Waals surface area contributed by atoms with E-state index in [2.05, 4.69) is 29.0 Å². The molecule has 0 aliphatic heterocycles. The van der Waals surface area contributed by atoms with Gasteiger partial charge in [0.1, 0.15) is 0 Å². The van der Waals surface area contributed by atoms with Crippen molar-refractivity contribution in [3.8, 4) is 0 Å². The third-order valence-corrected chi connectivity index (χ3v) is 6.13. The first-order valence-electron chi connectivity index (χ1n) is 7.89. The van der Waals surface area contributed by atoms with Gasteiger partial charge in [-0.3, -0.25) is 0 Å². The van der Waals surface area contributed by atoms with E-state index in [4.69, 9.17) is 11.6 Å². The van der Waals surface area contributed by atoms with Crippen molar-refractivity contribution in [2.24, 2.45) is 0 Å². The summed E-state index contributed by atoms with van der Waals surface area (Å²) in [5, 5.41) is 0.531. The first-order valence-corrected chi connectivity index (χ1v) is 9.75. The highest BCUT2D eigenvalue weighted by molar-refractivity contribution is 7.89. The first kappa shape index (κ1) is 16.5. The lowest BCUT2D eigenvalue weighted by Crippen LogP contribution is -2.25. The Morgan fingerprint density at radius 2 is 1.83 bits per heavy atom. The normalized spacial score (nSPS) is 17.2. The molecule has 1 atom stereocenters. The fraction of sp³-hybridized carbons (Fsp3) is 0.333. The van der Waals surface area contributed by atoms with Crippen LogP contribution in [0.25, 0.3) is 0 Å². The molecule has 5 heteroatoms. The predicted octanol–water partition coefficient (Wildman–Crippen LogP) is 4.13. The smallest absolute Gasteiger partial charge is 0.211 e. The van der Waals surface area contributed by atoms with Gasteiger partial charge in [0.15, 0.2) is 0 Å². The van der Waals surface area contributed by atoms with Crippen molar-refractivity contribution in [1.29, 1.82) is 0 Å². The van der Waals surface area contributed by atoms with Crippen LogP contribution in [0.2, 0.25) is 5.02 Å². The second-order valence-corrected chi connectivity index (χ2v) is 8.13. The molecular formula is C18H20ClNO2S. The second kappa shape index (κ2) is 7.04. The highest BCUT2D eigenvalue weighted by Gasteiger charge is 2.21. The maximum Gasteiger partial charge on any atom is 0.240 e. The molecule has 3 nitrogen and oxygen atoms in total. The third-order valence-electron chi connectivity index (χ3n) is 4.40. The Morgan fingerprint density at radius 3 is 2.61 bits per heavy atom. The molecule has 0 fully saturated rings. The van der Waals surface area contributed by atoms with Crippen LogP contribution >= 0.6 is 11.6 Å². The van der Waals surface area contributed by atoms with Gasteiger partial charge in [0.05, 0.1) is 4.90 Å². The van der Waals surface area contributed by atoms with Crippen LogP contribution in [0.5, 0.6) is 0 Å². The fourth-order valence-electron chi connectivity index (χ4n) is 3.20. The Hall–Kier alpha value is -1.36. The SMILES string of the molecule is O=S(=O)(NCCCC1CCc2ccccc21)c1ccc(Cl)cc1. The van der Waals surface area contributed by atoms with Gasteiger partial charge in [-0.05, 0) is 67.0 Å². The summed E-state index contributed by atoms with van der Waals surface area (Å²) in [7, 11) is -3.44. The first-order chi connectivity index (χ1) is 11.1. The van der Waals surface area contributed by atoms with Gasteiger partial charge in [-0.25, -0.2) is 13.1 Å². The molecule has 3 rings (SSSR count). The van der Waals surface area contributed by atoms with Crippen molar-refractivity contribution >= 4 is 21.6 Å². The van der Waals surface area contributed by atoms with Crippen molar-refractivity contribution in [2.45, 2.75) is 36.5 Å². The van der Waals surface area contributed by atoms with E-state index in [9.17, 15) is 8.42 Å². The van der Waals surface area contributed by atoms with Crippen LogP contribution < -0.4 is 4.72 Å². The molecule has 0 radical (unpaired) electrons. The molecule has 2 aromatic rings. The summed E-state index contributed by atoms with van der Waals surface area (Å²) < 4.78 is 27.0. The molecule has 1 unspecified atom stereocenters. The average Bonchev–Trinajstić information content (AvgIpc) is 2.95. The van der Waals surface area contributed by atoms with E-state index in [-0.39, 0.29) is 4.90 Å². The van der Waals surface area contributed by atoms with Crippen molar-refractivity contribution in [3.63, 3.8) is 0 Å². The minimum Gasteiger partial charge on any atom is -0.211 e. The summed E-state index contributed by atoms with van der Waals surface area (Å²) in [6.07, 6.45) is 4.16. The molecule has 1 aliphatic carbocycles. The zero-order valence-corrected chi connectivity index (χ0v) is 14.4. The fourth-order valence-corrected chi connectivity index (χ4v) is 4.40. The van der Waals surface area contributed by atoms with E-state index in [0.717, 1.165) is 19.3 Å². The molecular weight excluding hydrogens is 330 g/mol. The van der Waals surface area contributed by atoms with Crippen LogP contribution in [-0.2, 0) is 16.4 Å². The summed E-state index contributed by atoms with van der Waals surface area (Å²) in [4.78, 5) is 0.258. The lowest BCUT2D eigenvalue weighted by Gasteiger charge is -2.12. The molecule has 122 valence electrons. The Kier molecular flexibility index (Phi) is 5.05. The van der Waals surface area contributed by atoms with E-state index >= 15 is 0 Å². The topological polar surface area (TPSA) is 46.2 Å². The Morgan fingerprint density at radius 1 is 1.09 bits per heavy atom. The maximum absolute atomic E-state index is 12.2. The van der Waals surface area contributed by atoms with Gasteiger partial charge in [0.25, 0.3) is 0 Å². The van der Waals surface area contributed by atoms with E-state index in [1.54, 1.807) is 12.1 Å². The molecule has 0 aromatic heterocycles. The van der Waals surface area contributed by atoms with Gasteiger partial charge < -0.3 is 0 Å². The number of rotatable bonds is 6. The molecule has 0 bridgehead atoms. The Labute approximate surface area is 142 Å². The molecule has 1 N–H and O–H groups in total. The van der Waals surface area contributed by atoms with Crippen LogP contribution in [0.15, 0.2) is 53.4 Å². The number of benzene rings is 2. The molecule has 0 saturated heterocycles. The average molecular weight is 350 g/mol. The zero-order valence-electron chi connectivity index (χ0n) is 12.8. The standard InChI is InChI=1S/C18H20ClNO2S/c19-16-9-11-17(12-10-16)23(21,22)20-13-3-5-15-8-7-14-4-1-2-6-18(14)15/h1-2,4,6,9-12,15,20H,3,5,7-8,13H2. The van der Waals surface area contributed by atoms with Crippen molar-refractivity contribution in [1.82, 2.24) is 4.72 Å². The van der Waals surface area contributed by atoms with Crippen LogP contribution in [0.1, 0.15) is 36.3 Å². The van der Waals surface area contributed by atoms with Crippen molar-refractivity contribution in [3.05, 3.63) is 64.7 Å². The summed E-state index contributed by atoms with van der Waals surface area (Å²) in [5.41, 5.74) is 2.88. The number of halogens is 1. The highest BCUT2D eigenvalue weighted by atomic mass is 35.5. The molecule has 0 amide bonds. The number of hydrogen-bond donors (Lipinski definition) is 1. The largest absolute Gasteiger partial charge is 0.240 e. The Balaban J connectivity index is 1.51. The molecule has 0 spiro atoms. The van der Waals surface area contributed by atoms with E-state index in [0.29, 0.717) is 17.5 Å². The van der Waals surface area contributed by atoms with E-state index in [1.807, 2.05) is 0 Å². The third kappa shape index (κ3) is 3.94. The van der Waals surface area contributed by atoms with Crippen molar-refractivity contribution in [2.75, 3.05) is 6.54 Å². The number of nitrogens with one attached hydrogen (secondary N) is 1. The van der Waals surface area contributed by atoms with E-state index < -0.39 is 10.0 Å². The highest BCUT2D eigenvalue weighted by Crippen LogP contribution is 2.35. The van der Waals surface area contributed by atoms with Crippen LogP contribution in [0.4, 0.5) is 0 Å². The summed E-state index contributed by atoms with van der Waals surface area (Å²) in [5.74, 6) is 0.561. The minimum atomic E-state index is -3.44. The molecule has 0 heterocycles. The molecule has 0 saturated carbocycles. The number of fused-ring (bicyclic) bond motifs is 1. The second-order valence-electron chi connectivity index (χ2n) is 5.93. The molecule has 2 aromatic carbocycles. The lowest BCUT2D eigenvalue weighted by atomic mass is 9.96. The maximum atomic E-state index is 12.2. The van der Waals surface area contributed by atoms with Crippen LogP contribution in [-0.4, -0.2) is 15.0 Å². The monoisotopic (exact) mass is 349 g/mol. The van der Waals surface area contributed by atoms with Crippen LogP contribution in [0, 0.1) is 0 Å². The summed E-state index contributed by atoms with van der Waals surface area (Å²) >= 11 is 5.79. The molecule has 1 aliphatic rings. The zero-order chi connectivity index (χ0) is 16.3. The molecule has 23 heavy (non-hydrogen) atoms.